The highest BCUT2D eigenvalue weighted by atomic mass is 35.5. The van der Waals surface area contributed by atoms with Crippen LogP contribution in [0.15, 0.2) is 71.7 Å². The van der Waals surface area contributed by atoms with Crippen molar-refractivity contribution in [2.24, 2.45) is 4.99 Å². The molecule has 3 aromatic rings. The molecule has 2 fully saturated rings. The molecule has 49 heavy (non-hydrogen) atoms. The van der Waals surface area contributed by atoms with E-state index in [4.69, 9.17) is 32.9 Å². The van der Waals surface area contributed by atoms with E-state index >= 15 is 4.79 Å². The van der Waals surface area contributed by atoms with Crippen molar-refractivity contribution in [1.29, 1.82) is 0 Å². The number of urea groups is 1. The number of nitrogens with zero attached hydrogens (tertiary/aromatic N) is 5. The highest BCUT2D eigenvalue weighted by Crippen LogP contribution is 2.54. The summed E-state index contributed by atoms with van der Waals surface area (Å²) in [7, 11) is 2.14. The van der Waals surface area contributed by atoms with Gasteiger partial charge in [-0.15, -0.1) is 0 Å². The molecule has 2 amide bonds. The number of amidine groups is 1. The summed E-state index contributed by atoms with van der Waals surface area (Å²) in [5.74, 6) is 0.236. The van der Waals surface area contributed by atoms with Crippen molar-refractivity contribution < 1.29 is 22.7 Å². The number of alkyl halides is 3. The molecule has 2 saturated heterocycles. The minimum absolute atomic E-state index is 0.00135. The van der Waals surface area contributed by atoms with Crippen LogP contribution in [-0.2, 0) is 17.3 Å². The summed E-state index contributed by atoms with van der Waals surface area (Å²) in [6.45, 7) is 10.9. The fraction of sp³-hybridized carbons (Fsp3) is 0.459. The number of likely N-dealkylation sites (N-methyl/N-ethyl adjacent to an activating group) is 1. The molecule has 0 spiro atoms. The van der Waals surface area contributed by atoms with E-state index in [1.54, 1.807) is 36.1 Å². The number of amides is 2. The molecule has 0 aliphatic carbocycles. The molecule has 0 N–H and O–H groups in total. The maximum atomic E-state index is 15.1. The van der Waals surface area contributed by atoms with Crippen LogP contribution in [0.2, 0.25) is 10.0 Å². The van der Waals surface area contributed by atoms with E-state index < -0.39 is 22.8 Å². The van der Waals surface area contributed by atoms with Gasteiger partial charge in [0.2, 0.25) is 0 Å². The zero-order valence-electron chi connectivity index (χ0n) is 28.2. The molecule has 0 bridgehead atoms. The minimum atomic E-state index is -4.58. The van der Waals surface area contributed by atoms with Gasteiger partial charge in [-0.25, -0.2) is 4.79 Å². The number of aliphatic imine (C=N–C) groups is 1. The average Bonchev–Trinajstić information content (AvgIpc) is 3.33. The summed E-state index contributed by atoms with van der Waals surface area (Å²) in [6.07, 6.45) is -2.93. The third-order valence-electron chi connectivity index (χ3n) is 10.6. The second kappa shape index (κ2) is 13.8. The van der Waals surface area contributed by atoms with Crippen LogP contribution >= 0.6 is 23.2 Å². The first-order chi connectivity index (χ1) is 23.3. The van der Waals surface area contributed by atoms with Crippen LogP contribution in [0.1, 0.15) is 55.9 Å². The first-order valence-corrected chi connectivity index (χ1v) is 17.5. The molecule has 7 nitrogen and oxygen atoms in total. The smallest absolute Gasteiger partial charge is 0.416 e. The van der Waals surface area contributed by atoms with Gasteiger partial charge in [0.05, 0.1) is 17.7 Å². The Labute approximate surface area is 296 Å². The molecule has 0 radical (unpaired) electrons. The first-order valence-electron chi connectivity index (χ1n) is 16.7. The number of ether oxygens (including phenoxy) is 1. The Bertz CT molecular complexity index is 1690. The monoisotopic (exact) mass is 715 g/mol. The maximum Gasteiger partial charge on any atom is 0.416 e. The van der Waals surface area contributed by atoms with Crippen LogP contribution in [-0.4, -0.2) is 90.4 Å². The van der Waals surface area contributed by atoms with Crippen molar-refractivity contribution in [1.82, 2.24) is 19.6 Å². The number of benzene rings is 3. The van der Waals surface area contributed by atoms with Crippen LogP contribution < -0.4 is 4.74 Å². The lowest BCUT2D eigenvalue weighted by Crippen LogP contribution is -2.60. The van der Waals surface area contributed by atoms with Crippen molar-refractivity contribution >= 4 is 35.1 Å². The third-order valence-corrected chi connectivity index (χ3v) is 11.1. The van der Waals surface area contributed by atoms with Gasteiger partial charge in [-0.2, -0.15) is 13.2 Å². The number of halogens is 5. The van der Waals surface area contributed by atoms with Crippen molar-refractivity contribution in [2.45, 2.75) is 56.9 Å². The van der Waals surface area contributed by atoms with Crippen LogP contribution in [0.25, 0.3) is 0 Å². The fourth-order valence-corrected chi connectivity index (χ4v) is 7.73. The summed E-state index contributed by atoms with van der Waals surface area (Å²) in [4.78, 5) is 28.8. The molecular formula is C37H42Cl2F3N5O2. The molecule has 3 aliphatic rings. The molecule has 2 atom stereocenters. The lowest BCUT2D eigenvalue weighted by molar-refractivity contribution is -0.137. The van der Waals surface area contributed by atoms with Gasteiger partial charge in [-0.1, -0.05) is 47.5 Å². The summed E-state index contributed by atoms with van der Waals surface area (Å²) >= 11 is 12.7. The largest absolute Gasteiger partial charge is 0.493 e. The Morgan fingerprint density at radius 3 is 2.00 bits per heavy atom. The topological polar surface area (TPSA) is 51.6 Å². The molecule has 12 heteroatoms. The summed E-state index contributed by atoms with van der Waals surface area (Å²) in [6, 6.07) is 18.1. The number of hydrogen-bond donors (Lipinski definition) is 0. The summed E-state index contributed by atoms with van der Waals surface area (Å²) in [5.41, 5.74) is -1.27. The lowest BCUT2D eigenvalue weighted by atomic mass is 9.71. The quantitative estimate of drug-likeness (QED) is 0.259. The van der Waals surface area contributed by atoms with E-state index in [0.717, 1.165) is 62.3 Å². The minimum Gasteiger partial charge on any atom is -0.493 e. The van der Waals surface area contributed by atoms with Crippen molar-refractivity contribution in [3.05, 3.63) is 99.0 Å². The molecule has 0 unspecified atom stereocenters. The van der Waals surface area contributed by atoms with Gasteiger partial charge in [-0.05, 0) is 94.3 Å². The molecule has 3 heterocycles. The van der Waals surface area contributed by atoms with Crippen molar-refractivity contribution in [3.63, 3.8) is 0 Å². The van der Waals surface area contributed by atoms with E-state index in [0.29, 0.717) is 34.7 Å². The third kappa shape index (κ3) is 6.65. The number of rotatable bonds is 6. The molecule has 262 valence electrons. The average molecular weight is 717 g/mol. The second-order valence-electron chi connectivity index (χ2n) is 13.4. The van der Waals surface area contributed by atoms with Crippen LogP contribution in [0.5, 0.6) is 5.75 Å². The number of carbonyl (C=O) groups excluding carboxylic acids is 1. The van der Waals surface area contributed by atoms with E-state index in [1.165, 1.54) is 6.07 Å². The zero-order chi connectivity index (χ0) is 35.1. The Hall–Kier alpha value is -3.31. The molecule has 6 rings (SSSR count). The van der Waals surface area contributed by atoms with Gasteiger partial charge in [0, 0.05) is 55.4 Å². The number of piperidine rings is 1. The molecule has 3 aromatic carbocycles. The van der Waals surface area contributed by atoms with Crippen molar-refractivity contribution in [3.8, 4) is 5.75 Å². The SMILES string of the molecule is CCOc1cc(C(F)(F)F)ccc1C1=N[C@@](C)(c2ccc(Cl)cc2)[C@@](C)(c2ccc(Cl)cc2)N1C(=O)N1CCC(N2CCN(C)CC2)CC1. The van der Waals surface area contributed by atoms with Gasteiger partial charge in [-0.3, -0.25) is 14.8 Å². The summed E-state index contributed by atoms with van der Waals surface area (Å²) in [5, 5.41) is 1.07. The predicted octanol–water partition coefficient (Wildman–Crippen LogP) is 8.14. The van der Waals surface area contributed by atoms with E-state index in [1.807, 2.05) is 43.0 Å². The van der Waals surface area contributed by atoms with Gasteiger partial charge in [0.1, 0.15) is 22.7 Å². The zero-order valence-corrected chi connectivity index (χ0v) is 29.7. The van der Waals surface area contributed by atoms with Gasteiger partial charge in [0.15, 0.2) is 0 Å². The summed E-state index contributed by atoms with van der Waals surface area (Å²) < 4.78 is 47.6. The Balaban J connectivity index is 1.48. The van der Waals surface area contributed by atoms with Gasteiger partial charge >= 0.3 is 12.2 Å². The normalized spacial score (nSPS) is 24.3. The van der Waals surface area contributed by atoms with Crippen LogP contribution in [0.4, 0.5) is 18.0 Å². The predicted molar refractivity (Wildman–Crippen MR) is 188 cm³/mol. The highest BCUT2D eigenvalue weighted by molar-refractivity contribution is 6.30. The fourth-order valence-electron chi connectivity index (χ4n) is 7.48. The van der Waals surface area contributed by atoms with Crippen molar-refractivity contribution in [2.75, 3.05) is 52.9 Å². The Morgan fingerprint density at radius 2 is 1.45 bits per heavy atom. The number of likely N-dealkylation sites (tertiary alicyclic amines) is 1. The molecular weight excluding hydrogens is 674 g/mol. The number of piperazine rings is 1. The van der Waals surface area contributed by atoms with Crippen LogP contribution in [0, 0.1) is 0 Å². The standard InChI is InChI=1S/C37H42Cl2F3N5O2/c1-5-49-32-24-27(37(40,41)42)10-15-31(32)33-43-35(2,25-6-11-28(38)12-7-25)36(3,26-8-13-29(39)14-9-26)47(33)34(48)46-18-16-30(17-19-46)45-22-20-44(4)21-23-45/h6-15,24,30H,5,16-23H2,1-4H3/t35-,36+/m0/s1. The van der Waals surface area contributed by atoms with Crippen LogP contribution in [0.3, 0.4) is 0 Å². The van der Waals surface area contributed by atoms with E-state index in [2.05, 4.69) is 16.8 Å². The molecule has 0 aromatic heterocycles. The Morgan fingerprint density at radius 1 is 0.878 bits per heavy atom. The van der Waals surface area contributed by atoms with E-state index in [-0.39, 0.29) is 24.2 Å². The second-order valence-corrected chi connectivity index (χ2v) is 14.3. The molecule has 0 saturated carbocycles. The first kappa shape index (κ1) is 35.5. The molecule has 3 aliphatic heterocycles. The number of carbonyl (C=O) groups is 1. The van der Waals surface area contributed by atoms with Gasteiger partial charge in [0.25, 0.3) is 0 Å². The van der Waals surface area contributed by atoms with E-state index in [9.17, 15) is 13.2 Å². The number of hydrogen-bond acceptors (Lipinski definition) is 5. The highest BCUT2D eigenvalue weighted by Gasteiger charge is 2.60. The Kier molecular flexibility index (Phi) is 9.98. The maximum absolute atomic E-state index is 15.1. The lowest BCUT2D eigenvalue weighted by Gasteiger charge is -2.48. The van der Waals surface area contributed by atoms with Gasteiger partial charge < -0.3 is 14.5 Å².